The third-order valence-electron chi connectivity index (χ3n) is 5.45. The summed E-state index contributed by atoms with van der Waals surface area (Å²) in [5.74, 6) is 2.24. The minimum Gasteiger partial charge on any atom is -0.497 e. The molecule has 0 aromatic heterocycles. The SMILES string of the molecule is COc1ccc(NC(=O)C2CSCN2C(=O)c2ccc(OCc3ccccc3)c(OC)c2)cc1. The third-order valence-corrected chi connectivity index (χ3v) is 6.46. The summed E-state index contributed by atoms with van der Waals surface area (Å²) in [7, 11) is 3.12. The van der Waals surface area contributed by atoms with Crippen molar-refractivity contribution in [3.63, 3.8) is 0 Å². The lowest BCUT2D eigenvalue weighted by Gasteiger charge is -2.23. The molecule has 3 aromatic carbocycles. The molecule has 1 N–H and O–H groups in total. The van der Waals surface area contributed by atoms with Gasteiger partial charge < -0.3 is 24.4 Å². The Kier molecular flexibility index (Phi) is 7.59. The van der Waals surface area contributed by atoms with Crippen molar-refractivity contribution in [1.29, 1.82) is 0 Å². The highest BCUT2D eigenvalue weighted by atomic mass is 32.2. The highest BCUT2D eigenvalue weighted by Crippen LogP contribution is 2.31. The number of amides is 2. The molecular formula is C26H26N2O5S. The van der Waals surface area contributed by atoms with Gasteiger partial charge in [0.15, 0.2) is 11.5 Å². The Labute approximate surface area is 203 Å². The van der Waals surface area contributed by atoms with Crippen molar-refractivity contribution in [1.82, 2.24) is 4.90 Å². The zero-order chi connectivity index (χ0) is 23.9. The Morgan fingerprint density at radius 2 is 1.74 bits per heavy atom. The second-order valence-electron chi connectivity index (χ2n) is 7.65. The maximum atomic E-state index is 13.3. The van der Waals surface area contributed by atoms with Crippen molar-refractivity contribution in [3.05, 3.63) is 83.9 Å². The van der Waals surface area contributed by atoms with E-state index in [9.17, 15) is 9.59 Å². The molecule has 1 aliphatic rings. The van der Waals surface area contributed by atoms with Crippen LogP contribution in [0.25, 0.3) is 0 Å². The van der Waals surface area contributed by atoms with Crippen LogP contribution in [0.2, 0.25) is 0 Å². The van der Waals surface area contributed by atoms with Crippen LogP contribution in [0, 0.1) is 0 Å². The van der Waals surface area contributed by atoms with Crippen molar-refractivity contribution in [2.45, 2.75) is 12.6 Å². The van der Waals surface area contributed by atoms with Gasteiger partial charge in [-0.15, -0.1) is 11.8 Å². The topological polar surface area (TPSA) is 77.1 Å². The second kappa shape index (κ2) is 11.0. The molecule has 1 heterocycles. The predicted octanol–water partition coefficient (Wildman–Crippen LogP) is 4.44. The molecule has 1 aliphatic heterocycles. The molecule has 0 aliphatic carbocycles. The van der Waals surface area contributed by atoms with Gasteiger partial charge in [0, 0.05) is 17.0 Å². The lowest BCUT2D eigenvalue weighted by Crippen LogP contribution is -2.44. The average Bonchev–Trinajstić information content (AvgIpc) is 3.38. The number of rotatable bonds is 8. The smallest absolute Gasteiger partial charge is 0.255 e. The fourth-order valence-electron chi connectivity index (χ4n) is 3.58. The quantitative estimate of drug-likeness (QED) is 0.516. The number of hydrogen-bond acceptors (Lipinski definition) is 6. The van der Waals surface area contributed by atoms with E-state index >= 15 is 0 Å². The predicted molar refractivity (Wildman–Crippen MR) is 133 cm³/mol. The molecule has 3 aromatic rings. The van der Waals surface area contributed by atoms with Gasteiger partial charge in [-0.25, -0.2) is 0 Å². The van der Waals surface area contributed by atoms with E-state index in [0.29, 0.717) is 46.7 Å². The van der Waals surface area contributed by atoms with Crippen molar-refractivity contribution in [3.8, 4) is 17.2 Å². The molecule has 2 amide bonds. The van der Waals surface area contributed by atoms with Gasteiger partial charge in [0.2, 0.25) is 5.91 Å². The molecular weight excluding hydrogens is 452 g/mol. The number of methoxy groups -OCH3 is 2. The van der Waals surface area contributed by atoms with Gasteiger partial charge in [-0.3, -0.25) is 9.59 Å². The molecule has 176 valence electrons. The summed E-state index contributed by atoms with van der Waals surface area (Å²) in [5, 5.41) is 2.89. The first kappa shape index (κ1) is 23.5. The van der Waals surface area contributed by atoms with Gasteiger partial charge >= 0.3 is 0 Å². The van der Waals surface area contributed by atoms with E-state index in [1.54, 1.807) is 66.2 Å². The van der Waals surface area contributed by atoms with Crippen molar-refractivity contribution in [2.24, 2.45) is 0 Å². The number of benzene rings is 3. The zero-order valence-corrected chi connectivity index (χ0v) is 19.8. The highest BCUT2D eigenvalue weighted by molar-refractivity contribution is 7.99. The molecule has 0 saturated carbocycles. The first-order valence-corrected chi connectivity index (χ1v) is 11.9. The Bertz CT molecular complexity index is 1140. The maximum absolute atomic E-state index is 13.3. The Morgan fingerprint density at radius 3 is 2.44 bits per heavy atom. The number of nitrogens with one attached hydrogen (secondary N) is 1. The van der Waals surface area contributed by atoms with Crippen molar-refractivity contribution in [2.75, 3.05) is 31.2 Å². The standard InChI is InChI=1S/C26H26N2O5S/c1-31-21-11-9-20(10-12-21)27-25(29)22-16-34-17-28(22)26(30)19-8-13-23(24(14-19)32-2)33-15-18-6-4-3-5-7-18/h3-14,22H,15-17H2,1-2H3,(H,27,29). The van der Waals surface area contributed by atoms with E-state index in [1.807, 2.05) is 30.3 Å². The molecule has 4 rings (SSSR count). The van der Waals surface area contributed by atoms with Crippen LogP contribution in [0.1, 0.15) is 15.9 Å². The summed E-state index contributed by atoms with van der Waals surface area (Å²) in [5.41, 5.74) is 2.12. The van der Waals surface area contributed by atoms with Crippen LogP contribution in [0.5, 0.6) is 17.2 Å². The number of thioether (sulfide) groups is 1. The molecule has 8 heteroatoms. The number of ether oxygens (including phenoxy) is 3. The van der Waals surface area contributed by atoms with Crippen LogP contribution in [0.3, 0.4) is 0 Å². The van der Waals surface area contributed by atoms with Crippen LogP contribution < -0.4 is 19.5 Å². The van der Waals surface area contributed by atoms with Crippen LogP contribution in [-0.4, -0.2) is 48.6 Å². The first-order chi connectivity index (χ1) is 16.6. The van der Waals surface area contributed by atoms with Crippen LogP contribution in [0.4, 0.5) is 5.69 Å². The Hall–Kier alpha value is -3.65. The van der Waals surface area contributed by atoms with E-state index < -0.39 is 6.04 Å². The Morgan fingerprint density at radius 1 is 0.971 bits per heavy atom. The van der Waals surface area contributed by atoms with Gasteiger partial charge in [0.1, 0.15) is 18.4 Å². The Balaban J connectivity index is 1.44. The van der Waals surface area contributed by atoms with Crippen molar-refractivity contribution >= 4 is 29.3 Å². The van der Waals surface area contributed by atoms with Gasteiger partial charge in [-0.2, -0.15) is 0 Å². The van der Waals surface area contributed by atoms with E-state index in [0.717, 1.165) is 5.56 Å². The zero-order valence-electron chi connectivity index (χ0n) is 19.0. The fourth-order valence-corrected chi connectivity index (χ4v) is 4.73. The largest absolute Gasteiger partial charge is 0.497 e. The number of carbonyl (C=O) groups excluding carboxylic acids is 2. The minimum absolute atomic E-state index is 0.224. The summed E-state index contributed by atoms with van der Waals surface area (Å²) >= 11 is 1.55. The van der Waals surface area contributed by atoms with E-state index in [-0.39, 0.29) is 11.8 Å². The third kappa shape index (κ3) is 5.46. The van der Waals surface area contributed by atoms with E-state index in [1.165, 1.54) is 7.11 Å². The fraction of sp³-hybridized carbons (Fsp3) is 0.231. The van der Waals surface area contributed by atoms with Crippen LogP contribution in [0.15, 0.2) is 72.8 Å². The summed E-state index contributed by atoms with van der Waals surface area (Å²) in [6.07, 6.45) is 0. The highest BCUT2D eigenvalue weighted by Gasteiger charge is 2.35. The molecule has 1 atom stereocenters. The summed E-state index contributed by atoms with van der Waals surface area (Å²) < 4.78 is 16.5. The summed E-state index contributed by atoms with van der Waals surface area (Å²) in [6.45, 7) is 0.390. The lowest BCUT2D eigenvalue weighted by atomic mass is 10.1. The number of anilines is 1. The summed E-state index contributed by atoms with van der Waals surface area (Å²) in [6, 6.07) is 21.4. The minimum atomic E-state index is -0.570. The molecule has 0 spiro atoms. The second-order valence-corrected chi connectivity index (χ2v) is 8.65. The molecule has 0 radical (unpaired) electrons. The van der Waals surface area contributed by atoms with Gasteiger partial charge in [-0.1, -0.05) is 30.3 Å². The molecule has 1 fully saturated rings. The molecule has 34 heavy (non-hydrogen) atoms. The van der Waals surface area contributed by atoms with Crippen LogP contribution >= 0.6 is 11.8 Å². The maximum Gasteiger partial charge on any atom is 0.255 e. The average molecular weight is 479 g/mol. The molecule has 1 saturated heterocycles. The summed E-state index contributed by atoms with van der Waals surface area (Å²) in [4.78, 5) is 27.8. The van der Waals surface area contributed by atoms with Crippen LogP contribution in [-0.2, 0) is 11.4 Å². The lowest BCUT2D eigenvalue weighted by molar-refractivity contribution is -0.119. The molecule has 0 bridgehead atoms. The molecule has 1 unspecified atom stereocenters. The number of carbonyl (C=O) groups is 2. The normalized spacial score (nSPS) is 15.0. The van der Waals surface area contributed by atoms with Crippen molar-refractivity contribution < 1.29 is 23.8 Å². The number of hydrogen-bond donors (Lipinski definition) is 1. The number of nitrogens with zero attached hydrogens (tertiary/aromatic N) is 1. The monoisotopic (exact) mass is 478 g/mol. The molecule has 7 nitrogen and oxygen atoms in total. The van der Waals surface area contributed by atoms with Gasteiger partial charge in [-0.05, 0) is 48.0 Å². The first-order valence-electron chi connectivity index (χ1n) is 10.8. The van der Waals surface area contributed by atoms with Gasteiger partial charge in [0.05, 0.1) is 20.1 Å². The van der Waals surface area contributed by atoms with E-state index in [4.69, 9.17) is 14.2 Å². The van der Waals surface area contributed by atoms with E-state index in [2.05, 4.69) is 5.32 Å². The van der Waals surface area contributed by atoms with Gasteiger partial charge in [0.25, 0.3) is 5.91 Å².